The molecule has 0 saturated carbocycles. The Morgan fingerprint density at radius 1 is 1.33 bits per heavy atom. The number of nitrogens with zero attached hydrogens (tertiary/aromatic N) is 1. The van der Waals surface area contributed by atoms with Gasteiger partial charge in [0.1, 0.15) is 12.2 Å². The zero-order valence-electron chi connectivity index (χ0n) is 9.41. The van der Waals surface area contributed by atoms with Gasteiger partial charge < -0.3 is 17.0 Å². The molecule has 1 aromatic carbocycles. The average molecular weight is 268 g/mol. The molecule has 0 N–H and O–H groups in total. The second kappa shape index (κ2) is 4.95. The van der Waals surface area contributed by atoms with Gasteiger partial charge >= 0.3 is 0 Å². The molecule has 1 atom stereocenters. The third-order valence-electron chi connectivity index (χ3n) is 3.19. The number of hydrogen-bond acceptors (Lipinski definition) is 0. The summed E-state index contributed by atoms with van der Waals surface area (Å²) in [6, 6.07) is 8.82. The summed E-state index contributed by atoms with van der Waals surface area (Å²) in [6.45, 7) is 4.45. The Morgan fingerprint density at radius 2 is 2.07 bits per heavy atom. The molecule has 0 unspecified atom stereocenters. The standard InChI is InChI=1S/C13H18N.BrH/c1-3-4-10-14(2)11-9-12-7-5-6-8-13(12)14;/h3-8H,9-11H2,1-2H3;1H/q+1;/p-1/t14-;/m1./s1. The number of likely N-dealkylation sites (N-methyl/N-ethyl adjacent to an activating group) is 1. The summed E-state index contributed by atoms with van der Waals surface area (Å²) in [5.41, 5.74) is 3.03. The molecule has 15 heavy (non-hydrogen) atoms. The Morgan fingerprint density at radius 3 is 2.80 bits per heavy atom. The molecular weight excluding hydrogens is 250 g/mol. The fraction of sp³-hybridized carbons (Fsp3) is 0.385. The monoisotopic (exact) mass is 267 g/mol. The Hall–Kier alpha value is -0.600. The number of benzene rings is 1. The second-order valence-electron chi connectivity index (χ2n) is 4.25. The largest absolute Gasteiger partial charge is 1.00 e. The summed E-state index contributed by atoms with van der Waals surface area (Å²) in [6.07, 6.45) is 5.64. The van der Waals surface area contributed by atoms with Gasteiger partial charge in [0, 0.05) is 12.0 Å². The van der Waals surface area contributed by atoms with Crippen molar-refractivity contribution in [3.63, 3.8) is 0 Å². The number of quaternary nitrogens is 1. The summed E-state index contributed by atoms with van der Waals surface area (Å²) in [5, 5.41) is 0. The highest BCUT2D eigenvalue weighted by atomic mass is 79.9. The molecule has 0 aliphatic carbocycles. The maximum Gasteiger partial charge on any atom is 0.136 e. The number of hydrogen-bond donors (Lipinski definition) is 0. The first-order chi connectivity index (χ1) is 6.76. The van der Waals surface area contributed by atoms with Crippen LogP contribution in [0.25, 0.3) is 0 Å². The first-order valence-electron chi connectivity index (χ1n) is 5.30. The highest BCUT2D eigenvalue weighted by Gasteiger charge is 2.32. The SMILES string of the molecule is CC=CC[N@+]1(C)CCc2ccccc21.[Br-]. The van der Waals surface area contributed by atoms with E-state index in [-0.39, 0.29) is 17.0 Å². The lowest BCUT2D eigenvalue weighted by atomic mass is 10.2. The molecule has 0 fully saturated rings. The quantitative estimate of drug-likeness (QED) is 0.513. The lowest BCUT2D eigenvalue weighted by molar-refractivity contribution is -0.00000298. The minimum Gasteiger partial charge on any atom is -1.00 e. The van der Waals surface area contributed by atoms with Crippen molar-refractivity contribution in [2.75, 3.05) is 20.1 Å². The van der Waals surface area contributed by atoms with Gasteiger partial charge in [0.2, 0.25) is 0 Å². The summed E-state index contributed by atoms with van der Waals surface area (Å²) < 4.78 is 1.07. The van der Waals surface area contributed by atoms with Crippen LogP contribution in [0.2, 0.25) is 0 Å². The van der Waals surface area contributed by atoms with Crippen molar-refractivity contribution in [2.45, 2.75) is 13.3 Å². The number of fused-ring (bicyclic) bond motifs is 1. The fourth-order valence-electron chi connectivity index (χ4n) is 2.26. The van der Waals surface area contributed by atoms with Crippen molar-refractivity contribution in [3.05, 3.63) is 42.0 Å². The predicted molar refractivity (Wildman–Crippen MR) is 62.4 cm³/mol. The van der Waals surface area contributed by atoms with E-state index in [2.05, 4.69) is 50.4 Å². The molecule has 1 aromatic rings. The minimum absolute atomic E-state index is 0. The maximum atomic E-state index is 2.33. The maximum absolute atomic E-state index is 2.33. The van der Waals surface area contributed by atoms with Crippen molar-refractivity contribution < 1.29 is 17.0 Å². The van der Waals surface area contributed by atoms with Gasteiger partial charge in [0.25, 0.3) is 0 Å². The first-order valence-corrected chi connectivity index (χ1v) is 5.30. The van der Waals surface area contributed by atoms with Crippen molar-refractivity contribution in [2.24, 2.45) is 0 Å². The van der Waals surface area contributed by atoms with Crippen LogP contribution in [-0.2, 0) is 6.42 Å². The highest BCUT2D eigenvalue weighted by Crippen LogP contribution is 2.32. The van der Waals surface area contributed by atoms with Crippen LogP contribution in [0, 0.1) is 0 Å². The molecule has 1 aliphatic rings. The Kier molecular flexibility index (Phi) is 4.12. The van der Waals surface area contributed by atoms with E-state index in [0.29, 0.717) is 0 Å². The van der Waals surface area contributed by atoms with Crippen molar-refractivity contribution in [3.8, 4) is 0 Å². The number of rotatable bonds is 2. The van der Waals surface area contributed by atoms with Crippen molar-refractivity contribution >= 4 is 5.69 Å². The van der Waals surface area contributed by atoms with Gasteiger partial charge in [0.15, 0.2) is 0 Å². The summed E-state index contributed by atoms with van der Waals surface area (Å²) in [5.74, 6) is 0. The van der Waals surface area contributed by atoms with Crippen LogP contribution in [0.1, 0.15) is 12.5 Å². The molecule has 82 valence electrons. The van der Waals surface area contributed by atoms with Crippen LogP contribution in [0.5, 0.6) is 0 Å². The molecule has 2 rings (SSSR count). The predicted octanol–water partition coefficient (Wildman–Crippen LogP) is -0.240. The number of halogens is 1. The van der Waals surface area contributed by atoms with E-state index in [9.17, 15) is 0 Å². The molecule has 1 aliphatic heterocycles. The number of allylic oxidation sites excluding steroid dienone is 1. The van der Waals surface area contributed by atoms with Gasteiger partial charge in [-0.15, -0.1) is 0 Å². The molecule has 0 radical (unpaired) electrons. The minimum atomic E-state index is 0. The summed E-state index contributed by atoms with van der Waals surface area (Å²) in [7, 11) is 2.33. The van der Waals surface area contributed by atoms with E-state index in [1.807, 2.05) is 0 Å². The molecule has 2 heteroatoms. The van der Waals surface area contributed by atoms with Crippen LogP contribution in [0.15, 0.2) is 36.4 Å². The van der Waals surface area contributed by atoms with E-state index in [1.165, 1.54) is 24.2 Å². The van der Waals surface area contributed by atoms with E-state index in [4.69, 9.17) is 0 Å². The van der Waals surface area contributed by atoms with E-state index < -0.39 is 0 Å². The molecular formula is C13H18BrN. The molecule has 0 aromatic heterocycles. The summed E-state index contributed by atoms with van der Waals surface area (Å²) in [4.78, 5) is 0. The normalized spacial score (nSPS) is 23.9. The Balaban J connectivity index is 0.00000112. The van der Waals surface area contributed by atoms with Gasteiger partial charge in [-0.2, -0.15) is 0 Å². The lowest BCUT2D eigenvalue weighted by Crippen LogP contribution is -3.00. The van der Waals surface area contributed by atoms with Gasteiger partial charge in [-0.25, -0.2) is 0 Å². The first kappa shape index (κ1) is 12.5. The fourth-order valence-corrected chi connectivity index (χ4v) is 2.26. The smallest absolute Gasteiger partial charge is 0.136 e. The van der Waals surface area contributed by atoms with Crippen LogP contribution < -0.4 is 21.5 Å². The second-order valence-corrected chi connectivity index (χ2v) is 4.25. The van der Waals surface area contributed by atoms with Gasteiger partial charge in [-0.05, 0) is 19.1 Å². The van der Waals surface area contributed by atoms with Crippen LogP contribution in [0.4, 0.5) is 5.69 Å². The molecule has 1 nitrogen and oxygen atoms in total. The Bertz CT molecular complexity index is 359. The molecule has 0 bridgehead atoms. The lowest BCUT2D eigenvalue weighted by Gasteiger charge is -2.28. The molecule has 0 spiro atoms. The Labute approximate surface area is 103 Å². The molecule has 0 saturated heterocycles. The van der Waals surface area contributed by atoms with E-state index in [1.54, 1.807) is 0 Å². The molecule has 0 amide bonds. The van der Waals surface area contributed by atoms with E-state index >= 15 is 0 Å². The van der Waals surface area contributed by atoms with Crippen molar-refractivity contribution in [1.29, 1.82) is 0 Å². The van der Waals surface area contributed by atoms with Crippen molar-refractivity contribution in [1.82, 2.24) is 4.48 Å². The third kappa shape index (κ3) is 2.32. The van der Waals surface area contributed by atoms with Gasteiger partial charge in [-0.1, -0.05) is 24.3 Å². The van der Waals surface area contributed by atoms with Gasteiger partial charge in [-0.3, -0.25) is 4.48 Å². The van der Waals surface area contributed by atoms with Crippen LogP contribution in [-0.4, -0.2) is 20.1 Å². The highest BCUT2D eigenvalue weighted by molar-refractivity contribution is 5.54. The number of para-hydroxylation sites is 1. The van der Waals surface area contributed by atoms with E-state index in [0.717, 1.165) is 11.0 Å². The van der Waals surface area contributed by atoms with Crippen LogP contribution in [0.3, 0.4) is 0 Å². The average Bonchev–Trinajstić information content (AvgIpc) is 2.55. The zero-order chi connectivity index (χ0) is 10.0. The van der Waals surface area contributed by atoms with Crippen LogP contribution >= 0.6 is 0 Å². The third-order valence-corrected chi connectivity index (χ3v) is 3.19. The zero-order valence-corrected chi connectivity index (χ0v) is 11.0. The topological polar surface area (TPSA) is 0 Å². The summed E-state index contributed by atoms with van der Waals surface area (Å²) >= 11 is 0. The molecule has 1 heterocycles. The van der Waals surface area contributed by atoms with Gasteiger partial charge in [0.05, 0.1) is 13.6 Å².